The number of pyridine rings is 1. The highest BCUT2D eigenvalue weighted by Crippen LogP contribution is 2.34. The number of aryl methyl sites for hydroxylation is 2. The van der Waals surface area contributed by atoms with Gasteiger partial charge in [-0.3, -0.25) is 9.58 Å². The third-order valence-corrected chi connectivity index (χ3v) is 6.38. The lowest BCUT2D eigenvalue weighted by Crippen LogP contribution is -2.58. The fourth-order valence-electron chi connectivity index (χ4n) is 4.67. The summed E-state index contributed by atoms with van der Waals surface area (Å²) >= 11 is 0. The molecule has 7 heteroatoms. The van der Waals surface area contributed by atoms with Crippen molar-refractivity contribution < 1.29 is 9.53 Å². The zero-order valence-corrected chi connectivity index (χ0v) is 16.4. The van der Waals surface area contributed by atoms with Gasteiger partial charge in [0.25, 0.3) is 0 Å². The second-order valence-electron chi connectivity index (χ2n) is 8.23. The number of urea groups is 1. The van der Waals surface area contributed by atoms with Gasteiger partial charge in [0.1, 0.15) is 5.82 Å². The van der Waals surface area contributed by atoms with Crippen molar-refractivity contribution in [3.05, 3.63) is 30.1 Å². The van der Waals surface area contributed by atoms with Crippen LogP contribution in [0.2, 0.25) is 0 Å². The number of fused-ring (bicyclic) bond motifs is 1. The van der Waals surface area contributed by atoms with Crippen LogP contribution in [-0.4, -0.2) is 58.5 Å². The van der Waals surface area contributed by atoms with Crippen LogP contribution in [-0.2, 0) is 18.2 Å². The highest BCUT2D eigenvalue weighted by molar-refractivity contribution is 5.93. The van der Waals surface area contributed by atoms with E-state index in [0.29, 0.717) is 11.8 Å². The molecule has 3 aliphatic rings. The van der Waals surface area contributed by atoms with E-state index in [2.05, 4.69) is 11.2 Å². The quantitative estimate of drug-likeness (QED) is 0.802. The molecule has 148 valence electrons. The zero-order valence-electron chi connectivity index (χ0n) is 16.4. The molecule has 0 aliphatic carbocycles. The Labute approximate surface area is 165 Å². The normalized spacial score (nSPS) is 20.8. The number of aromatic nitrogens is 3. The molecule has 2 amide bonds. The van der Waals surface area contributed by atoms with Gasteiger partial charge in [-0.2, -0.15) is 5.10 Å². The molecule has 28 heavy (non-hydrogen) atoms. The summed E-state index contributed by atoms with van der Waals surface area (Å²) in [5, 5.41) is 4.24. The van der Waals surface area contributed by atoms with Crippen molar-refractivity contribution >= 4 is 11.8 Å². The first-order valence-corrected chi connectivity index (χ1v) is 10.3. The minimum Gasteiger partial charge on any atom is -0.381 e. The highest BCUT2D eigenvalue weighted by Gasteiger charge is 2.39. The van der Waals surface area contributed by atoms with Crippen LogP contribution in [0.25, 0.3) is 11.3 Å². The third kappa shape index (κ3) is 3.17. The second kappa shape index (κ2) is 7.20. The number of likely N-dealkylation sites (tertiary alicyclic amines) is 1. The molecule has 0 bridgehead atoms. The van der Waals surface area contributed by atoms with E-state index in [1.54, 1.807) is 4.68 Å². The van der Waals surface area contributed by atoms with Gasteiger partial charge in [-0.25, -0.2) is 9.78 Å². The fourth-order valence-corrected chi connectivity index (χ4v) is 4.67. The van der Waals surface area contributed by atoms with Crippen LogP contribution in [0.1, 0.15) is 24.8 Å². The lowest BCUT2D eigenvalue weighted by Gasteiger charge is -2.46. The summed E-state index contributed by atoms with van der Waals surface area (Å²) in [4.78, 5) is 21.9. The van der Waals surface area contributed by atoms with Gasteiger partial charge in [-0.05, 0) is 49.1 Å². The molecule has 5 rings (SSSR count). The van der Waals surface area contributed by atoms with E-state index in [1.807, 2.05) is 35.3 Å². The third-order valence-electron chi connectivity index (χ3n) is 6.38. The van der Waals surface area contributed by atoms with Gasteiger partial charge in [-0.15, -0.1) is 0 Å². The number of anilines is 1. The van der Waals surface area contributed by atoms with E-state index in [4.69, 9.17) is 9.72 Å². The van der Waals surface area contributed by atoms with Gasteiger partial charge in [0.2, 0.25) is 0 Å². The molecule has 2 fully saturated rings. The number of amides is 2. The maximum absolute atomic E-state index is 13.2. The maximum atomic E-state index is 13.2. The fraction of sp³-hybridized carbons (Fsp3) is 0.571. The van der Waals surface area contributed by atoms with E-state index < -0.39 is 0 Å². The van der Waals surface area contributed by atoms with Crippen molar-refractivity contribution in [1.29, 1.82) is 0 Å². The van der Waals surface area contributed by atoms with Crippen LogP contribution in [0, 0.1) is 11.8 Å². The van der Waals surface area contributed by atoms with Gasteiger partial charge in [0.05, 0.1) is 11.9 Å². The molecule has 2 aromatic heterocycles. The van der Waals surface area contributed by atoms with E-state index >= 15 is 0 Å². The summed E-state index contributed by atoms with van der Waals surface area (Å²) in [5.41, 5.74) is 3.01. The summed E-state index contributed by atoms with van der Waals surface area (Å²) in [7, 11) is 1.90. The van der Waals surface area contributed by atoms with E-state index in [1.165, 1.54) is 0 Å². The minimum absolute atomic E-state index is 0.111. The van der Waals surface area contributed by atoms with Crippen LogP contribution in [0.15, 0.2) is 24.5 Å². The van der Waals surface area contributed by atoms with Gasteiger partial charge < -0.3 is 9.64 Å². The predicted molar refractivity (Wildman–Crippen MR) is 106 cm³/mol. The van der Waals surface area contributed by atoms with E-state index in [-0.39, 0.29) is 6.03 Å². The summed E-state index contributed by atoms with van der Waals surface area (Å²) < 4.78 is 7.25. The largest absolute Gasteiger partial charge is 0.381 e. The molecule has 0 atom stereocenters. The van der Waals surface area contributed by atoms with Crippen molar-refractivity contribution in [2.24, 2.45) is 18.9 Å². The van der Waals surface area contributed by atoms with Crippen LogP contribution in [0.3, 0.4) is 0 Å². The van der Waals surface area contributed by atoms with E-state index in [9.17, 15) is 4.79 Å². The first-order valence-electron chi connectivity index (χ1n) is 10.3. The molecule has 2 saturated heterocycles. The Balaban J connectivity index is 1.32. The van der Waals surface area contributed by atoms with Gasteiger partial charge in [-0.1, -0.05) is 6.07 Å². The first-order chi connectivity index (χ1) is 13.7. The molecule has 5 heterocycles. The van der Waals surface area contributed by atoms with Crippen LogP contribution >= 0.6 is 0 Å². The number of rotatable bonds is 2. The molecule has 0 saturated carbocycles. The monoisotopic (exact) mass is 381 g/mol. The first kappa shape index (κ1) is 17.7. The zero-order chi connectivity index (χ0) is 19.1. The summed E-state index contributed by atoms with van der Waals surface area (Å²) in [6.07, 6.45) is 8.01. The number of nitrogens with zero attached hydrogens (tertiary/aromatic N) is 5. The number of carbonyl (C=O) groups excluding carboxylic acids is 1. The molecule has 7 nitrogen and oxygen atoms in total. The summed E-state index contributed by atoms with van der Waals surface area (Å²) in [5.74, 6) is 2.17. The van der Waals surface area contributed by atoms with Crippen molar-refractivity contribution in [2.75, 3.05) is 37.7 Å². The molecule has 0 unspecified atom stereocenters. The van der Waals surface area contributed by atoms with Crippen LogP contribution in [0.4, 0.5) is 10.6 Å². The Hall–Kier alpha value is -2.41. The minimum atomic E-state index is 0.111. The average Bonchev–Trinajstić information content (AvgIpc) is 3.13. The molecule has 0 radical (unpaired) electrons. The second-order valence-corrected chi connectivity index (χ2v) is 8.23. The molecule has 0 aromatic carbocycles. The number of carbonyl (C=O) groups is 1. The molecule has 0 spiro atoms. The summed E-state index contributed by atoms with van der Waals surface area (Å²) in [6.45, 7) is 4.23. The standard InChI is InChI=1S/C21H27N5O2/c1-24-12-17(11-22-24)19-5-4-16-3-2-8-26(20(16)23-19)21(27)25-13-18(14-25)15-6-9-28-10-7-15/h4-5,11-12,15,18H,2-3,6-10,13-14H2,1H3. The smallest absolute Gasteiger partial charge is 0.325 e. The average molecular weight is 381 g/mol. The lowest BCUT2D eigenvalue weighted by atomic mass is 9.81. The van der Waals surface area contributed by atoms with Crippen molar-refractivity contribution in [3.63, 3.8) is 0 Å². The summed E-state index contributed by atoms with van der Waals surface area (Å²) in [6, 6.07) is 4.26. The van der Waals surface area contributed by atoms with Gasteiger partial charge in [0, 0.05) is 51.7 Å². The van der Waals surface area contributed by atoms with Gasteiger partial charge >= 0.3 is 6.03 Å². The number of hydrogen-bond acceptors (Lipinski definition) is 4. The maximum Gasteiger partial charge on any atom is 0.325 e. The topological polar surface area (TPSA) is 63.5 Å². The number of ether oxygens (including phenoxy) is 1. The van der Waals surface area contributed by atoms with Crippen LogP contribution < -0.4 is 4.90 Å². The highest BCUT2D eigenvalue weighted by atomic mass is 16.5. The number of hydrogen-bond donors (Lipinski definition) is 0. The molecule has 3 aliphatic heterocycles. The van der Waals surface area contributed by atoms with Crippen LogP contribution in [0.5, 0.6) is 0 Å². The SMILES string of the molecule is Cn1cc(-c2ccc3c(n2)N(C(=O)N2CC(C4CCOCC4)C2)CCC3)cn1. The molecular weight excluding hydrogens is 354 g/mol. The lowest BCUT2D eigenvalue weighted by molar-refractivity contribution is 0.00785. The Morgan fingerprint density at radius 1 is 1.18 bits per heavy atom. The van der Waals surface area contributed by atoms with Gasteiger partial charge in [0.15, 0.2) is 0 Å². The Morgan fingerprint density at radius 2 is 2.00 bits per heavy atom. The van der Waals surface area contributed by atoms with Crippen molar-refractivity contribution in [3.8, 4) is 11.3 Å². The van der Waals surface area contributed by atoms with Crippen molar-refractivity contribution in [2.45, 2.75) is 25.7 Å². The van der Waals surface area contributed by atoms with Crippen molar-refractivity contribution in [1.82, 2.24) is 19.7 Å². The molecule has 2 aromatic rings. The Kier molecular flexibility index (Phi) is 4.55. The Morgan fingerprint density at radius 3 is 2.75 bits per heavy atom. The Bertz CT molecular complexity index is 867. The molecule has 0 N–H and O–H groups in total. The van der Waals surface area contributed by atoms with E-state index in [0.717, 1.165) is 81.2 Å². The molecular formula is C21H27N5O2. The predicted octanol–water partition coefficient (Wildman–Crippen LogP) is 2.71.